The van der Waals surface area contributed by atoms with Crippen LogP contribution in [0.2, 0.25) is 0 Å². The molecule has 88 valence electrons. The van der Waals surface area contributed by atoms with Crippen LogP contribution < -0.4 is 0 Å². The van der Waals surface area contributed by atoms with Crippen LogP contribution in [0.25, 0.3) is 11.1 Å². The fourth-order valence-electron chi connectivity index (χ4n) is 2.13. The lowest BCUT2D eigenvalue weighted by atomic mass is 10.00. The van der Waals surface area contributed by atoms with Crippen molar-refractivity contribution in [1.82, 2.24) is 0 Å². The topological polar surface area (TPSA) is 0 Å². The minimum absolute atomic E-state index is 1.11. The van der Waals surface area contributed by atoms with Crippen molar-refractivity contribution >= 4 is 0 Å². The predicted molar refractivity (Wildman–Crippen MR) is 75.3 cm³/mol. The van der Waals surface area contributed by atoms with Gasteiger partial charge in [-0.3, -0.25) is 0 Å². The second-order valence-corrected chi connectivity index (χ2v) is 4.50. The summed E-state index contributed by atoms with van der Waals surface area (Å²) in [4.78, 5) is 0. The normalized spacial score (nSPS) is 10.5. The van der Waals surface area contributed by atoms with E-state index in [1.165, 1.54) is 35.1 Å². The van der Waals surface area contributed by atoms with Crippen molar-refractivity contribution in [2.45, 2.75) is 33.1 Å². The molecule has 0 heteroatoms. The Bertz CT molecular complexity index is 466. The molecular formula is C17H20. The molecule has 0 N–H and O–H groups in total. The van der Waals surface area contributed by atoms with Crippen LogP contribution in [0, 0.1) is 0 Å². The molecule has 0 unspecified atom stereocenters. The van der Waals surface area contributed by atoms with Gasteiger partial charge in [0.2, 0.25) is 0 Å². The third-order valence-corrected chi connectivity index (χ3v) is 3.16. The fourth-order valence-corrected chi connectivity index (χ4v) is 2.13. The van der Waals surface area contributed by atoms with E-state index in [4.69, 9.17) is 0 Å². The average molecular weight is 224 g/mol. The number of aryl methyl sites for hydroxylation is 2. The minimum Gasteiger partial charge on any atom is -0.0651 e. The third-order valence-electron chi connectivity index (χ3n) is 3.16. The fraction of sp³-hybridized carbons (Fsp3) is 0.294. The highest BCUT2D eigenvalue weighted by Gasteiger charge is 1.99. The van der Waals surface area contributed by atoms with Gasteiger partial charge < -0.3 is 0 Å². The first-order chi connectivity index (χ1) is 8.33. The van der Waals surface area contributed by atoms with Gasteiger partial charge in [0.25, 0.3) is 0 Å². The van der Waals surface area contributed by atoms with E-state index in [1.807, 2.05) is 0 Å². The van der Waals surface area contributed by atoms with Gasteiger partial charge in [0, 0.05) is 0 Å². The Labute approximate surface area is 104 Å². The first-order valence-corrected chi connectivity index (χ1v) is 6.51. The summed E-state index contributed by atoms with van der Waals surface area (Å²) in [7, 11) is 0. The molecule has 0 heterocycles. The van der Waals surface area contributed by atoms with E-state index in [0.29, 0.717) is 0 Å². The summed E-state index contributed by atoms with van der Waals surface area (Å²) < 4.78 is 0. The van der Waals surface area contributed by atoms with Gasteiger partial charge in [0.15, 0.2) is 0 Å². The molecule has 0 atom stereocenters. The molecule has 0 fully saturated rings. The molecule has 0 aromatic heterocycles. The highest BCUT2D eigenvalue weighted by atomic mass is 14.0. The summed E-state index contributed by atoms with van der Waals surface area (Å²) in [5.74, 6) is 0. The van der Waals surface area contributed by atoms with Crippen LogP contribution in [0.1, 0.15) is 31.4 Å². The van der Waals surface area contributed by atoms with Crippen molar-refractivity contribution in [3.63, 3.8) is 0 Å². The maximum absolute atomic E-state index is 2.31. The van der Waals surface area contributed by atoms with E-state index in [9.17, 15) is 0 Å². The van der Waals surface area contributed by atoms with Crippen molar-refractivity contribution in [2.75, 3.05) is 0 Å². The Hall–Kier alpha value is -1.56. The Morgan fingerprint density at radius 1 is 0.765 bits per heavy atom. The van der Waals surface area contributed by atoms with Gasteiger partial charge in [-0.15, -0.1) is 0 Å². The molecule has 0 aliphatic heterocycles. The molecule has 0 amide bonds. The van der Waals surface area contributed by atoms with Crippen molar-refractivity contribution in [1.29, 1.82) is 0 Å². The average Bonchev–Trinajstić information content (AvgIpc) is 2.40. The molecule has 0 saturated heterocycles. The molecule has 2 aromatic rings. The summed E-state index contributed by atoms with van der Waals surface area (Å²) in [6.45, 7) is 4.42. The van der Waals surface area contributed by atoms with Gasteiger partial charge in [0.05, 0.1) is 0 Å². The summed E-state index contributed by atoms with van der Waals surface area (Å²) in [6.07, 6.45) is 3.48. The lowest BCUT2D eigenvalue weighted by Crippen LogP contribution is -1.85. The van der Waals surface area contributed by atoms with Gasteiger partial charge in [-0.05, 0) is 35.1 Å². The quantitative estimate of drug-likeness (QED) is 0.695. The Morgan fingerprint density at radius 3 is 2.18 bits per heavy atom. The predicted octanol–water partition coefficient (Wildman–Crippen LogP) is 4.87. The Morgan fingerprint density at radius 2 is 1.53 bits per heavy atom. The lowest BCUT2D eigenvalue weighted by Gasteiger charge is -2.05. The van der Waals surface area contributed by atoms with E-state index in [1.54, 1.807) is 0 Å². The SMILES string of the molecule is CCCc1cccc(-c2ccc(CC)cc2)c1. The van der Waals surface area contributed by atoms with Crippen LogP contribution in [0.15, 0.2) is 48.5 Å². The van der Waals surface area contributed by atoms with Crippen LogP contribution in [0.4, 0.5) is 0 Å². The van der Waals surface area contributed by atoms with Crippen LogP contribution in [-0.2, 0) is 12.8 Å². The van der Waals surface area contributed by atoms with Gasteiger partial charge in [-0.1, -0.05) is 68.8 Å². The minimum atomic E-state index is 1.11. The van der Waals surface area contributed by atoms with E-state index in [0.717, 1.165) is 6.42 Å². The van der Waals surface area contributed by atoms with E-state index in [-0.39, 0.29) is 0 Å². The van der Waals surface area contributed by atoms with Crippen molar-refractivity contribution in [3.05, 3.63) is 59.7 Å². The second kappa shape index (κ2) is 5.67. The van der Waals surface area contributed by atoms with Crippen LogP contribution >= 0.6 is 0 Å². The van der Waals surface area contributed by atoms with Crippen molar-refractivity contribution in [2.24, 2.45) is 0 Å². The molecule has 0 aliphatic carbocycles. The lowest BCUT2D eigenvalue weighted by molar-refractivity contribution is 0.922. The largest absolute Gasteiger partial charge is 0.0651 e. The van der Waals surface area contributed by atoms with Crippen LogP contribution in [0.5, 0.6) is 0 Å². The maximum atomic E-state index is 2.31. The second-order valence-electron chi connectivity index (χ2n) is 4.50. The zero-order chi connectivity index (χ0) is 12.1. The monoisotopic (exact) mass is 224 g/mol. The zero-order valence-electron chi connectivity index (χ0n) is 10.7. The summed E-state index contributed by atoms with van der Waals surface area (Å²) in [5, 5.41) is 0. The molecule has 0 saturated carbocycles. The molecule has 2 rings (SSSR count). The summed E-state index contributed by atoms with van der Waals surface area (Å²) in [6, 6.07) is 17.8. The molecule has 0 spiro atoms. The number of hydrogen-bond acceptors (Lipinski definition) is 0. The zero-order valence-corrected chi connectivity index (χ0v) is 10.7. The molecule has 0 bridgehead atoms. The molecule has 2 aromatic carbocycles. The highest BCUT2D eigenvalue weighted by molar-refractivity contribution is 5.64. The molecule has 0 nitrogen and oxygen atoms in total. The van der Waals surface area contributed by atoms with Gasteiger partial charge in [-0.25, -0.2) is 0 Å². The van der Waals surface area contributed by atoms with Gasteiger partial charge in [-0.2, -0.15) is 0 Å². The third kappa shape index (κ3) is 2.97. The van der Waals surface area contributed by atoms with E-state index < -0.39 is 0 Å². The smallest absolute Gasteiger partial charge is 0.0181 e. The molecule has 17 heavy (non-hydrogen) atoms. The van der Waals surface area contributed by atoms with Crippen molar-refractivity contribution in [3.8, 4) is 11.1 Å². The number of benzene rings is 2. The molecule has 0 aliphatic rings. The van der Waals surface area contributed by atoms with Gasteiger partial charge >= 0.3 is 0 Å². The molecule has 0 radical (unpaired) electrons. The van der Waals surface area contributed by atoms with E-state index in [2.05, 4.69) is 62.4 Å². The van der Waals surface area contributed by atoms with Crippen LogP contribution in [-0.4, -0.2) is 0 Å². The van der Waals surface area contributed by atoms with E-state index >= 15 is 0 Å². The Kier molecular flexibility index (Phi) is 3.98. The Balaban J connectivity index is 2.28. The van der Waals surface area contributed by atoms with Gasteiger partial charge in [0.1, 0.15) is 0 Å². The number of hydrogen-bond donors (Lipinski definition) is 0. The maximum Gasteiger partial charge on any atom is -0.0181 e. The first kappa shape index (κ1) is 11.9. The highest BCUT2D eigenvalue weighted by Crippen LogP contribution is 2.21. The number of rotatable bonds is 4. The first-order valence-electron chi connectivity index (χ1n) is 6.51. The van der Waals surface area contributed by atoms with Crippen molar-refractivity contribution < 1.29 is 0 Å². The molecular weight excluding hydrogens is 204 g/mol. The summed E-state index contributed by atoms with van der Waals surface area (Å²) in [5.41, 5.74) is 5.49. The standard InChI is InChI=1S/C17H20/c1-3-6-15-7-5-8-17(13-15)16-11-9-14(4-2)10-12-16/h5,7-13H,3-4,6H2,1-2H3. The summed E-state index contributed by atoms with van der Waals surface area (Å²) >= 11 is 0. The van der Waals surface area contributed by atoms with Crippen LogP contribution in [0.3, 0.4) is 0 Å².